The number of aromatic nitrogens is 2. The molecule has 0 unspecified atom stereocenters. The first-order valence-corrected chi connectivity index (χ1v) is 19.4. The van der Waals surface area contributed by atoms with Crippen molar-refractivity contribution < 1.29 is 25.8 Å². The smallest absolute Gasteiger partial charge is 0.193 e. The van der Waals surface area contributed by atoms with Crippen molar-refractivity contribution in [3.05, 3.63) is 201 Å². The van der Waals surface area contributed by atoms with Gasteiger partial charge in [-0.3, -0.25) is 0 Å². The molecule has 5 nitrogen and oxygen atoms in total. The van der Waals surface area contributed by atoms with Crippen molar-refractivity contribution in [2.45, 2.75) is 0 Å². The van der Waals surface area contributed by atoms with Crippen molar-refractivity contribution in [2.75, 3.05) is 9.80 Å². The number of ether oxygens (including phenoxy) is 1. The first-order chi connectivity index (χ1) is 27.8. The van der Waals surface area contributed by atoms with E-state index in [-0.39, 0.29) is 21.1 Å². The number of thiazole rings is 1. The summed E-state index contributed by atoms with van der Waals surface area (Å²) in [5.74, 6) is 1.20. The molecule has 0 bridgehead atoms. The molecule has 3 heterocycles. The first kappa shape index (κ1) is 35.0. The molecular formula is C50H31N4OPtS-3. The Bertz CT molecular complexity index is 2980. The van der Waals surface area contributed by atoms with Crippen molar-refractivity contribution in [1.82, 2.24) is 9.55 Å². The molecule has 8 aromatic carbocycles. The SMILES string of the molecule is [Pt].[c-]1c(Oc2[c-]c3c(cc2)c2ccccc2n3-c2nc3ccccc3s2)cccc1N1[CH-]N(c2c(-c3ccccc3)cccc2-c2ccccc2)c2ccccc21. The van der Waals surface area contributed by atoms with Crippen LogP contribution in [0.25, 0.3) is 59.4 Å². The van der Waals surface area contributed by atoms with Crippen LogP contribution in [0.1, 0.15) is 0 Å². The van der Waals surface area contributed by atoms with E-state index in [0.717, 1.165) is 82.2 Å². The third-order valence-electron chi connectivity index (χ3n) is 10.3. The minimum atomic E-state index is 0. The van der Waals surface area contributed by atoms with Crippen LogP contribution in [0.2, 0.25) is 0 Å². The van der Waals surface area contributed by atoms with Gasteiger partial charge in [0.1, 0.15) is 0 Å². The molecule has 0 fully saturated rings. The molecule has 0 aliphatic carbocycles. The maximum atomic E-state index is 6.59. The number of rotatable bonds is 7. The van der Waals surface area contributed by atoms with Gasteiger partial charge in [0, 0.05) is 66.3 Å². The summed E-state index contributed by atoms with van der Waals surface area (Å²) in [7, 11) is 0. The van der Waals surface area contributed by atoms with Gasteiger partial charge in [-0.2, -0.15) is 12.1 Å². The maximum Gasteiger partial charge on any atom is 0.193 e. The van der Waals surface area contributed by atoms with Gasteiger partial charge < -0.3 is 19.1 Å². The zero-order chi connectivity index (χ0) is 37.0. The Hall–Kier alpha value is -6.46. The van der Waals surface area contributed by atoms with Crippen molar-refractivity contribution >= 4 is 66.1 Å². The summed E-state index contributed by atoms with van der Waals surface area (Å²) in [5, 5.41) is 3.14. The molecule has 57 heavy (non-hydrogen) atoms. The predicted octanol–water partition coefficient (Wildman–Crippen LogP) is 13.5. The second-order valence-electron chi connectivity index (χ2n) is 13.7. The van der Waals surface area contributed by atoms with Crippen LogP contribution in [0.3, 0.4) is 0 Å². The molecule has 0 saturated carbocycles. The van der Waals surface area contributed by atoms with Crippen LogP contribution in [-0.4, -0.2) is 9.55 Å². The van der Waals surface area contributed by atoms with Crippen molar-refractivity contribution in [3.63, 3.8) is 0 Å². The van der Waals surface area contributed by atoms with Crippen LogP contribution in [0.15, 0.2) is 182 Å². The standard InChI is InChI=1S/C50H31N4OS.Pt/c1-3-15-34(16-4-1)39-22-14-23-40(35-17-5-2-6-18-35)49(39)53-33-52(45-26-10-11-27-46(45)53)36-19-13-20-37(31-36)55-38-29-30-42-41-21-7-9-25-44(41)54(47(42)32-38)50-51-43-24-8-12-28-48(43)56-50;/h1-30,33H;/q-3;. The van der Waals surface area contributed by atoms with Gasteiger partial charge in [0.2, 0.25) is 0 Å². The van der Waals surface area contributed by atoms with E-state index in [1.54, 1.807) is 11.3 Å². The van der Waals surface area contributed by atoms with E-state index in [4.69, 9.17) is 9.72 Å². The Kier molecular flexibility index (Phi) is 8.94. The topological polar surface area (TPSA) is 33.5 Å². The number of anilines is 4. The molecule has 0 saturated heterocycles. The molecule has 1 aliphatic heterocycles. The Morgan fingerprint density at radius 3 is 1.91 bits per heavy atom. The molecule has 0 radical (unpaired) electrons. The van der Waals surface area contributed by atoms with Crippen LogP contribution in [-0.2, 0) is 21.1 Å². The van der Waals surface area contributed by atoms with E-state index in [2.05, 4.69) is 191 Å². The van der Waals surface area contributed by atoms with Gasteiger partial charge >= 0.3 is 0 Å². The zero-order valence-electron chi connectivity index (χ0n) is 30.3. The van der Waals surface area contributed by atoms with Gasteiger partial charge in [0.15, 0.2) is 5.13 Å². The van der Waals surface area contributed by atoms with Crippen molar-refractivity contribution in [1.29, 1.82) is 0 Å². The molecule has 276 valence electrons. The molecule has 11 rings (SSSR count). The average Bonchev–Trinajstić information content (AvgIpc) is 3.96. The Labute approximate surface area is 348 Å². The normalized spacial score (nSPS) is 12.3. The molecule has 2 aromatic heterocycles. The quantitative estimate of drug-likeness (QED) is 0.149. The summed E-state index contributed by atoms with van der Waals surface area (Å²) in [6.45, 7) is 2.17. The van der Waals surface area contributed by atoms with Crippen LogP contribution in [0, 0.1) is 18.8 Å². The summed E-state index contributed by atoms with van der Waals surface area (Å²) in [6.07, 6.45) is 0. The van der Waals surface area contributed by atoms with Gasteiger partial charge in [-0.1, -0.05) is 138 Å². The third-order valence-corrected chi connectivity index (χ3v) is 11.4. The zero-order valence-corrected chi connectivity index (χ0v) is 33.4. The van der Waals surface area contributed by atoms with E-state index in [9.17, 15) is 0 Å². The van der Waals surface area contributed by atoms with E-state index < -0.39 is 0 Å². The number of benzene rings is 8. The molecule has 0 N–H and O–H groups in total. The fourth-order valence-electron chi connectivity index (χ4n) is 7.83. The fraction of sp³-hybridized carbons (Fsp3) is 0. The van der Waals surface area contributed by atoms with Gasteiger partial charge in [0.25, 0.3) is 0 Å². The van der Waals surface area contributed by atoms with E-state index in [0.29, 0.717) is 11.5 Å². The van der Waals surface area contributed by atoms with Gasteiger partial charge in [-0.15, -0.1) is 48.1 Å². The first-order valence-electron chi connectivity index (χ1n) is 18.5. The number of para-hydroxylation sites is 5. The molecule has 0 amide bonds. The van der Waals surface area contributed by atoms with Crippen molar-refractivity contribution in [3.8, 4) is 38.9 Å². The summed E-state index contributed by atoms with van der Waals surface area (Å²) in [4.78, 5) is 9.52. The Morgan fingerprint density at radius 2 is 1.16 bits per heavy atom. The number of hydrogen-bond donors (Lipinski definition) is 0. The largest absolute Gasteiger partial charge is 0.509 e. The number of nitrogens with zero attached hydrogens (tertiary/aromatic N) is 4. The van der Waals surface area contributed by atoms with Crippen LogP contribution in [0.4, 0.5) is 22.7 Å². The second-order valence-corrected chi connectivity index (χ2v) is 14.7. The van der Waals surface area contributed by atoms with Gasteiger partial charge in [0.05, 0.1) is 10.2 Å². The van der Waals surface area contributed by atoms with Crippen LogP contribution < -0.4 is 14.5 Å². The molecule has 7 heteroatoms. The predicted molar refractivity (Wildman–Crippen MR) is 230 cm³/mol. The van der Waals surface area contributed by atoms with E-state index >= 15 is 0 Å². The fourth-order valence-corrected chi connectivity index (χ4v) is 8.82. The average molecular weight is 931 g/mol. The minimum absolute atomic E-state index is 0. The molecule has 10 aromatic rings. The van der Waals surface area contributed by atoms with E-state index in [1.807, 2.05) is 24.3 Å². The van der Waals surface area contributed by atoms with Crippen LogP contribution in [0.5, 0.6) is 11.5 Å². The second kappa shape index (κ2) is 14.6. The van der Waals surface area contributed by atoms with Crippen LogP contribution >= 0.6 is 11.3 Å². The van der Waals surface area contributed by atoms with Gasteiger partial charge in [-0.05, 0) is 46.8 Å². The molecule has 0 spiro atoms. The number of hydrogen-bond acceptors (Lipinski definition) is 5. The Morgan fingerprint density at radius 1 is 0.526 bits per heavy atom. The summed E-state index contributed by atoms with van der Waals surface area (Å²) in [6, 6.07) is 70.3. The molecular weight excluding hydrogens is 900 g/mol. The van der Waals surface area contributed by atoms with Crippen molar-refractivity contribution in [2.24, 2.45) is 0 Å². The maximum absolute atomic E-state index is 6.59. The van der Waals surface area contributed by atoms with Gasteiger partial charge in [-0.25, -0.2) is 4.98 Å². The number of fused-ring (bicyclic) bond motifs is 5. The summed E-state index contributed by atoms with van der Waals surface area (Å²) < 4.78 is 9.93. The summed E-state index contributed by atoms with van der Waals surface area (Å²) in [5.41, 5.74) is 11.7. The molecule has 1 aliphatic rings. The summed E-state index contributed by atoms with van der Waals surface area (Å²) >= 11 is 1.67. The monoisotopic (exact) mass is 930 g/mol. The molecule has 0 atom stereocenters. The Balaban J connectivity index is 0.00000396. The third kappa shape index (κ3) is 6.09. The van der Waals surface area contributed by atoms with E-state index in [1.165, 1.54) is 0 Å². The minimum Gasteiger partial charge on any atom is -0.509 e.